The second-order valence-electron chi connectivity index (χ2n) is 14.8. The number of carbonyl (C=O) groups excluding carboxylic acids is 6. The smallest absolute Gasteiger partial charge is 0.330 e. The van der Waals surface area contributed by atoms with Gasteiger partial charge in [-0.2, -0.15) is 0 Å². The molecule has 53 heavy (non-hydrogen) atoms. The first-order chi connectivity index (χ1) is 24.8. The minimum absolute atomic E-state index is 0.0852. The number of esters is 3. The van der Waals surface area contributed by atoms with Crippen molar-refractivity contribution in [3.8, 4) is 5.75 Å². The summed E-state index contributed by atoms with van der Waals surface area (Å²) < 4.78 is 22.1. The quantitative estimate of drug-likeness (QED) is 0.110. The number of carbonyl (C=O) groups is 6. The Labute approximate surface area is 312 Å². The van der Waals surface area contributed by atoms with Gasteiger partial charge < -0.3 is 34.1 Å². The number of piperazine rings is 1. The Morgan fingerprint density at radius 2 is 1.72 bits per heavy atom. The van der Waals surface area contributed by atoms with Crippen LogP contribution in [0.1, 0.15) is 76.7 Å². The highest BCUT2D eigenvalue weighted by Crippen LogP contribution is 2.30. The van der Waals surface area contributed by atoms with Gasteiger partial charge in [0.15, 0.2) is 0 Å². The summed E-state index contributed by atoms with van der Waals surface area (Å²) in [7, 11) is 3.40. The molecule has 2 aromatic rings. The number of aryl methyl sites for hydroxylation is 2. The van der Waals surface area contributed by atoms with Gasteiger partial charge in [-0.25, -0.2) is 9.59 Å². The number of likely N-dealkylation sites (N-methyl/N-ethyl adjacent to an activating group) is 1. The van der Waals surface area contributed by atoms with Gasteiger partial charge in [-0.3, -0.25) is 19.2 Å². The standard InChI is InChI=1S/C40H53N3O10/c1-10-34(45)51-25-40(6,7)36(47)37(48)43-21-20-42(8)24-30(43)38(49)52-31(17-16-27-15-14-26(2)32(22-27)50-9)28-12-11-13-29(23-28)41-33(44)18-19-35(46)53-39(3,4)5/h10-15,22-23,30-31H,1,16-21,24-25H2,2-9H3,(H,41,44)/t30-,31+/m0/s1. The van der Waals surface area contributed by atoms with Crippen molar-refractivity contribution >= 4 is 41.2 Å². The van der Waals surface area contributed by atoms with E-state index in [1.165, 1.54) is 18.7 Å². The summed E-state index contributed by atoms with van der Waals surface area (Å²) in [5, 5.41) is 2.80. The molecule has 288 valence electrons. The predicted octanol–water partition coefficient (Wildman–Crippen LogP) is 4.75. The highest BCUT2D eigenvalue weighted by molar-refractivity contribution is 6.38. The maximum Gasteiger partial charge on any atom is 0.330 e. The molecular weight excluding hydrogens is 682 g/mol. The average molecular weight is 736 g/mol. The fraction of sp³-hybridized carbons (Fsp3) is 0.500. The normalized spacial score (nSPS) is 15.5. The van der Waals surface area contributed by atoms with Crippen molar-refractivity contribution in [2.45, 2.75) is 85.0 Å². The Kier molecular flexibility index (Phi) is 14.9. The van der Waals surface area contributed by atoms with E-state index in [4.69, 9.17) is 18.9 Å². The number of nitrogens with one attached hydrogen (secondary N) is 1. The molecule has 1 N–H and O–H groups in total. The first-order valence-electron chi connectivity index (χ1n) is 17.6. The Hall–Kier alpha value is -5.04. The van der Waals surface area contributed by atoms with Gasteiger partial charge in [0.1, 0.15) is 30.1 Å². The third-order valence-electron chi connectivity index (χ3n) is 8.61. The van der Waals surface area contributed by atoms with E-state index in [9.17, 15) is 28.8 Å². The van der Waals surface area contributed by atoms with Gasteiger partial charge in [-0.05, 0) is 96.3 Å². The zero-order valence-electron chi connectivity index (χ0n) is 32.1. The number of benzene rings is 2. The van der Waals surface area contributed by atoms with Crippen LogP contribution in [0.3, 0.4) is 0 Å². The van der Waals surface area contributed by atoms with Crippen LogP contribution in [0, 0.1) is 12.3 Å². The monoisotopic (exact) mass is 735 g/mol. The lowest BCUT2D eigenvalue weighted by Gasteiger charge is -2.39. The molecule has 2 atom stereocenters. The number of rotatable bonds is 16. The molecule has 1 aliphatic rings. The number of amides is 2. The van der Waals surface area contributed by atoms with Crippen LogP contribution in [0.5, 0.6) is 5.75 Å². The van der Waals surface area contributed by atoms with Crippen molar-refractivity contribution in [2.24, 2.45) is 5.41 Å². The molecule has 0 aromatic heterocycles. The van der Waals surface area contributed by atoms with E-state index in [1.807, 2.05) is 30.0 Å². The SMILES string of the molecule is C=CC(=O)OCC(C)(C)C(=O)C(=O)N1CCN(C)C[C@H]1C(=O)O[C@H](CCc1ccc(C)c(OC)c1)c1cccc(NC(=O)CCC(=O)OC(C)(C)C)c1. The number of hydrogen-bond acceptors (Lipinski definition) is 11. The van der Waals surface area contributed by atoms with E-state index < -0.39 is 52.8 Å². The van der Waals surface area contributed by atoms with Crippen molar-refractivity contribution < 1.29 is 47.7 Å². The van der Waals surface area contributed by atoms with Gasteiger partial charge in [-0.1, -0.05) is 30.8 Å². The lowest BCUT2D eigenvalue weighted by atomic mass is 9.87. The lowest BCUT2D eigenvalue weighted by molar-refractivity contribution is -0.166. The zero-order chi connectivity index (χ0) is 39.5. The van der Waals surface area contributed by atoms with E-state index in [-0.39, 0.29) is 38.4 Å². The van der Waals surface area contributed by atoms with Crippen LogP contribution < -0.4 is 10.1 Å². The number of anilines is 1. The second-order valence-corrected chi connectivity index (χ2v) is 14.8. The van der Waals surface area contributed by atoms with Crippen LogP contribution in [-0.4, -0.2) is 97.3 Å². The number of Topliss-reactive ketones (excluding diaryl/α,β-unsaturated/α-hetero) is 1. The van der Waals surface area contributed by atoms with E-state index in [1.54, 1.807) is 59.2 Å². The molecule has 0 aliphatic carbocycles. The number of ether oxygens (including phenoxy) is 4. The first kappa shape index (κ1) is 42.4. The molecule has 3 rings (SSSR count). The highest BCUT2D eigenvalue weighted by Gasteiger charge is 2.43. The van der Waals surface area contributed by atoms with Crippen molar-refractivity contribution in [1.29, 1.82) is 0 Å². The van der Waals surface area contributed by atoms with Crippen molar-refractivity contribution in [1.82, 2.24) is 9.80 Å². The maximum absolute atomic E-state index is 14.1. The lowest BCUT2D eigenvalue weighted by Crippen LogP contribution is -2.60. The predicted molar refractivity (Wildman–Crippen MR) is 198 cm³/mol. The fourth-order valence-corrected chi connectivity index (χ4v) is 5.64. The third kappa shape index (κ3) is 12.8. The molecule has 0 spiro atoms. The first-order valence-corrected chi connectivity index (χ1v) is 17.6. The van der Waals surface area contributed by atoms with Gasteiger partial charge in [0.05, 0.1) is 18.9 Å². The van der Waals surface area contributed by atoms with Gasteiger partial charge in [0.25, 0.3) is 5.91 Å². The minimum Gasteiger partial charge on any atom is -0.496 e. The van der Waals surface area contributed by atoms with Crippen LogP contribution >= 0.6 is 0 Å². The van der Waals surface area contributed by atoms with Crippen LogP contribution in [0.2, 0.25) is 0 Å². The molecule has 0 unspecified atom stereocenters. The topological polar surface area (TPSA) is 158 Å². The molecule has 1 aliphatic heterocycles. The molecule has 0 bridgehead atoms. The molecular formula is C40H53N3O10. The second kappa shape index (κ2) is 18.6. The average Bonchev–Trinajstić information content (AvgIpc) is 3.10. The molecule has 0 radical (unpaired) electrons. The molecule has 0 saturated carbocycles. The number of hydrogen-bond donors (Lipinski definition) is 1. The van der Waals surface area contributed by atoms with E-state index in [0.29, 0.717) is 30.6 Å². The van der Waals surface area contributed by atoms with Crippen molar-refractivity contribution in [3.63, 3.8) is 0 Å². The molecule has 1 saturated heterocycles. The van der Waals surface area contributed by atoms with Gasteiger partial charge in [0.2, 0.25) is 11.7 Å². The molecule has 2 aromatic carbocycles. The van der Waals surface area contributed by atoms with Crippen molar-refractivity contribution in [3.05, 3.63) is 71.8 Å². The number of nitrogens with zero attached hydrogens (tertiary/aromatic N) is 2. The molecule has 1 heterocycles. The van der Waals surface area contributed by atoms with Crippen LogP contribution in [0.25, 0.3) is 0 Å². The largest absolute Gasteiger partial charge is 0.496 e. The maximum atomic E-state index is 14.1. The van der Waals surface area contributed by atoms with E-state index >= 15 is 0 Å². The summed E-state index contributed by atoms with van der Waals surface area (Å²) >= 11 is 0. The summed E-state index contributed by atoms with van der Waals surface area (Å²) in [6, 6.07) is 11.6. The summed E-state index contributed by atoms with van der Waals surface area (Å²) in [4.78, 5) is 80.8. The van der Waals surface area contributed by atoms with Gasteiger partial charge >= 0.3 is 17.9 Å². The summed E-state index contributed by atoms with van der Waals surface area (Å²) in [6.45, 7) is 13.8. The molecule has 2 amide bonds. The molecule has 1 fully saturated rings. The Morgan fingerprint density at radius 3 is 2.38 bits per heavy atom. The highest BCUT2D eigenvalue weighted by atomic mass is 16.6. The molecule has 13 nitrogen and oxygen atoms in total. The van der Waals surface area contributed by atoms with Crippen LogP contribution in [0.4, 0.5) is 5.69 Å². The third-order valence-corrected chi connectivity index (χ3v) is 8.61. The van der Waals surface area contributed by atoms with Gasteiger partial charge in [0, 0.05) is 37.8 Å². The Balaban J connectivity index is 1.86. The minimum atomic E-state index is -1.36. The Bertz CT molecular complexity index is 1680. The van der Waals surface area contributed by atoms with Crippen LogP contribution in [0.15, 0.2) is 55.1 Å². The summed E-state index contributed by atoms with van der Waals surface area (Å²) in [6.07, 6.45) is 0.807. The van der Waals surface area contributed by atoms with Gasteiger partial charge in [-0.15, -0.1) is 0 Å². The zero-order valence-corrected chi connectivity index (χ0v) is 32.1. The van der Waals surface area contributed by atoms with Crippen LogP contribution in [-0.2, 0) is 49.4 Å². The van der Waals surface area contributed by atoms with Crippen molar-refractivity contribution in [2.75, 3.05) is 45.7 Å². The number of ketones is 1. The molecule has 13 heteroatoms. The fourth-order valence-electron chi connectivity index (χ4n) is 5.64. The Morgan fingerprint density at radius 1 is 1.00 bits per heavy atom. The summed E-state index contributed by atoms with van der Waals surface area (Å²) in [5.74, 6) is -3.26. The van der Waals surface area contributed by atoms with E-state index in [0.717, 1.165) is 23.0 Å². The number of methoxy groups -OCH3 is 1. The summed E-state index contributed by atoms with van der Waals surface area (Å²) in [5.41, 5.74) is 0.919. The van der Waals surface area contributed by atoms with E-state index in [2.05, 4.69) is 11.9 Å².